The third kappa shape index (κ3) is 1.91. The van der Waals surface area contributed by atoms with Gasteiger partial charge in [-0.15, -0.1) is 0 Å². The molecule has 4 nitrogen and oxygen atoms in total. The molecular weight excluding hydrogens is 234 g/mol. The number of hydrogen-bond acceptors (Lipinski definition) is 2. The Morgan fingerprint density at radius 3 is 3.00 bits per heavy atom. The minimum atomic E-state index is 0.0584. The van der Waals surface area contributed by atoms with Crippen LogP contribution in [-0.2, 0) is 4.79 Å². The van der Waals surface area contributed by atoms with E-state index in [1.807, 2.05) is 0 Å². The second-order valence-electron chi connectivity index (χ2n) is 3.40. The van der Waals surface area contributed by atoms with Gasteiger partial charge in [0.05, 0.1) is 16.9 Å². The third-order valence-electron chi connectivity index (χ3n) is 2.22. The topological polar surface area (TPSA) is 46.9 Å². The molecule has 1 aromatic rings. The summed E-state index contributed by atoms with van der Waals surface area (Å²) in [5.41, 5.74) is 2.69. The zero-order valence-corrected chi connectivity index (χ0v) is 8.78. The summed E-state index contributed by atoms with van der Waals surface area (Å²) in [6.07, 6.45) is 4.34. The van der Waals surface area contributed by atoms with Crippen LogP contribution >= 0.6 is 15.9 Å². The Hall–Kier alpha value is -0.840. The molecule has 1 heterocycles. The Labute approximate surface area is 84.4 Å². The van der Waals surface area contributed by atoms with Crippen LogP contribution in [0.1, 0.15) is 13.3 Å². The summed E-state index contributed by atoms with van der Waals surface area (Å²) in [6, 6.07) is 0. The maximum absolute atomic E-state index is 11.4. The smallest absolute Gasteiger partial charge is 0.243 e. The van der Waals surface area contributed by atoms with Crippen molar-refractivity contribution in [3.05, 3.63) is 16.9 Å². The quantitative estimate of drug-likeness (QED) is 0.854. The number of hydrogen-bond donors (Lipinski definition) is 1. The van der Waals surface area contributed by atoms with Gasteiger partial charge >= 0.3 is 0 Å². The summed E-state index contributed by atoms with van der Waals surface area (Å²) in [4.78, 5) is 12.8. The lowest BCUT2D eigenvalue weighted by molar-refractivity contribution is -0.118. The normalized spacial score (nSPS) is 25.7. The van der Waals surface area contributed by atoms with E-state index in [1.165, 1.54) is 4.79 Å². The molecular formula is C8H10BrN3O. The molecule has 1 aliphatic carbocycles. The summed E-state index contributed by atoms with van der Waals surface area (Å²) in [5, 5.41) is 3.93. The molecule has 2 atom stereocenters. The van der Waals surface area contributed by atoms with Crippen LogP contribution in [0.5, 0.6) is 0 Å². The number of carbonyl (C=O) groups excluding carboxylic acids is 1. The van der Waals surface area contributed by atoms with E-state index in [9.17, 15) is 4.79 Å². The summed E-state index contributed by atoms with van der Waals surface area (Å²) >= 11 is 3.25. The van der Waals surface area contributed by atoms with Crippen molar-refractivity contribution >= 4 is 21.8 Å². The molecule has 1 aliphatic rings. The number of nitrogens with zero attached hydrogens (tertiary/aromatic N) is 2. The molecule has 5 heteroatoms. The van der Waals surface area contributed by atoms with E-state index in [-0.39, 0.29) is 11.8 Å². The van der Waals surface area contributed by atoms with E-state index in [0.717, 1.165) is 10.9 Å². The molecule has 0 aliphatic heterocycles. The number of nitrogens with one attached hydrogen (secondary N) is 1. The van der Waals surface area contributed by atoms with Gasteiger partial charge in [0.15, 0.2) is 0 Å². The van der Waals surface area contributed by atoms with Crippen molar-refractivity contribution in [3.8, 4) is 0 Å². The van der Waals surface area contributed by atoms with E-state index in [4.69, 9.17) is 0 Å². The van der Waals surface area contributed by atoms with Crippen LogP contribution in [0, 0.1) is 11.8 Å². The van der Waals surface area contributed by atoms with Gasteiger partial charge in [-0.1, -0.05) is 6.92 Å². The Kier molecular flexibility index (Phi) is 2.11. The molecule has 13 heavy (non-hydrogen) atoms. The molecule has 0 saturated heterocycles. The fourth-order valence-electron chi connectivity index (χ4n) is 1.25. The van der Waals surface area contributed by atoms with Crippen LogP contribution < -0.4 is 5.43 Å². The molecule has 2 rings (SSSR count). The van der Waals surface area contributed by atoms with Crippen LogP contribution in [-0.4, -0.2) is 15.8 Å². The Morgan fingerprint density at radius 2 is 2.54 bits per heavy atom. The van der Waals surface area contributed by atoms with Gasteiger partial charge in [0.25, 0.3) is 0 Å². The first-order valence-corrected chi connectivity index (χ1v) is 4.97. The zero-order chi connectivity index (χ0) is 9.42. The lowest BCUT2D eigenvalue weighted by Gasteiger charge is -2.02. The SMILES string of the molecule is C[C@H]1C[C@@H]1C(=O)Nn1cc(Br)cn1. The van der Waals surface area contributed by atoms with Crippen LogP contribution in [0.15, 0.2) is 16.9 Å². The lowest BCUT2D eigenvalue weighted by Crippen LogP contribution is -2.24. The number of rotatable bonds is 2. The van der Waals surface area contributed by atoms with Gasteiger partial charge < -0.3 is 0 Å². The van der Waals surface area contributed by atoms with E-state index < -0.39 is 0 Å². The molecule has 0 spiro atoms. The van der Waals surface area contributed by atoms with Gasteiger partial charge in [0, 0.05) is 5.92 Å². The second kappa shape index (κ2) is 3.14. The molecule has 1 aromatic heterocycles. The van der Waals surface area contributed by atoms with Crippen LogP contribution in [0.3, 0.4) is 0 Å². The predicted molar refractivity (Wildman–Crippen MR) is 51.6 cm³/mol. The monoisotopic (exact) mass is 243 g/mol. The summed E-state index contributed by atoms with van der Waals surface area (Å²) in [7, 11) is 0. The molecule has 1 N–H and O–H groups in total. The number of carbonyl (C=O) groups is 1. The van der Waals surface area contributed by atoms with E-state index in [1.54, 1.807) is 12.4 Å². The molecule has 1 fully saturated rings. The van der Waals surface area contributed by atoms with Gasteiger partial charge in [-0.05, 0) is 28.3 Å². The van der Waals surface area contributed by atoms with Crippen molar-refractivity contribution in [3.63, 3.8) is 0 Å². The van der Waals surface area contributed by atoms with Crippen molar-refractivity contribution in [2.75, 3.05) is 5.43 Å². The predicted octanol–water partition coefficient (Wildman–Crippen LogP) is 1.37. The largest absolute Gasteiger partial charge is 0.273 e. The summed E-state index contributed by atoms with van der Waals surface area (Å²) in [5.74, 6) is 0.769. The van der Waals surface area contributed by atoms with Crippen molar-refractivity contribution in [2.45, 2.75) is 13.3 Å². The maximum atomic E-state index is 11.4. The average molecular weight is 244 g/mol. The molecule has 0 radical (unpaired) electrons. The Bertz CT molecular complexity index is 336. The molecule has 0 unspecified atom stereocenters. The highest BCUT2D eigenvalue weighted by Crippen LogP contribution is 2.37. The highest BCUT2D eigenvalue weighted by molar-refractivity contribution is 9.10. The van der Waals surface area contributed by atoms with Crippen molar-refractivity contribution < 1.29 is 4.79 Å². The van der Waals surface area contributed by atoms with Gasteiger partial charge in [-0.25, -0.2) is 5.43 Å². The van der Waals surface area contributed by atoms with Crippen molar-refractivity contribution in [1.29, 1.82) is 0 Å². The first-order valence-electron chi connectivity index (χ1n) is 4.18. The maximum Gasteiger partial charge on any atom is 0.243 e. The Balaban J connectivity index is 1.95. The first kappa shape index (κ1) is 8.74. The number of aromatic nitrogens is 2. The van der Waals surface area contributed by atoms with E-state index >= 15 is 0 Å². The summed E-state index contributed by atoms with van der Waals surface area (Å²) in [6.45, 7) is 2.07. The second-order valence-corrected chi connectivity index (χ2v) is 4.31. The van der Waals surface area contributed by atoms with Crippen LogP contribution in [0.25, 0.3) is 0 Å². The minimum Gasteiger partial charge on any atom is -0.273 e. The third-order valence-corrected chi connectivity index (χ3v) is 2.63. The Morgan fingerprint density at radius 1 is 1.85 bits per heavy atom. The van der Waals surface area contributed by atoms with Gasteiger partial charge in [0.2, 0.25) is 5.91 Å². The fourth-order valence-corrected chi connectivity index (χ4v) is 1.53. The highest BCUT2D eigenvalue weighted by Gasteiger charge is 2.39. The summed E-state index contributed by atoms with van der Waals surface area (Å²) < 4.78 is 0.858. The molecule has 70 valence electrons. The van der Waals surface area contributed by atoms with Crippen LogP contribution in [0.2, 0.25) is 0 Å². The molecule has 0 aromatic carbocycles. The van der Waals surface area contributed by atoms with Gasteiger partial charge in [0.1, 0.15) is 0 Å². The molecule has 0 bridgehead atoms. The molecule has 1 saturated carbocycles. The zero-order valence-electron chi connectivity index (χ0n) is 7.20. The number of halogens is 1. The van der Waals surface area contributed by atoms with Gasteiger partial charge in [-0.2, -0.15) is 9.89 Å². The average Bonchev–Trinajstić information content (AvgIpc) is 2.66. The van der Waals surface area contributed by atoms with Crippen molar-refractivity contribution in [1.82, 2.24) is 9.89 Å². The van der Waals surface area contributed by atoms with Crippen molar-refractivity contribution in [2.24, 2.45) is 11.8 Å². The van der Waals surface area contributed by atoms with Crippen LogP contribution in [0.4, 0.5) is 0 Å². The minimum absolute atomic E-state index is 0.0584. The first-order chi connectivity index (χ1) is 6.16. The molecule has 1 amide bonds. The number of amides is 1. The van der Waals surface area contributed by atoms with Gasteiger partial charge in [-0.3, -0.25) is 4.79 Å². The lowest BCUT2D eigenvalue weighted by atomic mass is 10.3. The van der Waals surface area contributed by atoms with E-state index in [2.05, 4.69) is 33.4 Å². The standard InChI is InChI=1S/C8H10BrN3O/c1-5-2-7(5)8(13)11-12-4-6(9)3-10-12/h3-5,7H,2H2,1H3,(H,11,13)/t5-,7-/m0/s1. The van der Waals surface area contributed by atoms with E-state index in [0.29, 0.717) is 5.92 Å². The fraction of sp³-hybridized carbons (Fsp3) is 0.500. The highest BCUT2D eigenvalue weighted by atomic mass is 79.9.